The molecule has 0 aromatic heterocycles. The van der Waals surface area contributed by atoms with E-state index in [1.165, 1.54) is 25.7 Å². The minimum Gasteiger partial charge on any atom is -0.356 e. The summed E-state index contributed by atoms with van der Waals surface area (Å²) in [6, 6.07) is 10.00. The molecular weight excluding hydrogens is 312 g/mol. The molecule has 1 saturated heterocycles. The average molecular weight is 342 g/mol. The summed E-state index contributed by atoms with van der Waals surface area (Å²) in [5, 5.41) is 6.33. The quantitative estimate of drug-likeness (QED) is 0.638. The molecule has 1 aromatic carbocycles. The number of nitrogens with zero attached hydrogens (tertiary/aromatic N) is 2. The Morgan fingerprint density at radius 2 is 1.80 bits per heavy atom. The van der Waals surface area contributed by atoms with E-state index in [0.717, 1.165) is 36.4 Å². The van der Waals surface area contributed by atoms with Gasteiger partial charge in [-0.05, 0) is 30.2 Å². The summed E-state index contributed by atoms with van der Waals surface area (Å²) in [5.74, 6) is 2.69. The fourth-order valence-electron chi connectivity index (χ4n) is 4.08. The van der Waals surface area contributed by atoms with Crippen LogP contribution >= 0.6 is 0 Å². The van der Waals surface area contributed by atoms with E-state index in [4.69, 9.17) is 0 Å². The van der Waals surface area contributed by atoms with Gasteiger partial charge in [-0.2, -0.15) is 0 Å². The van der Waals surface area contributed by atoms with Crippen molar-refractivity contribution in [3.05, 3.63) is 35.9 Å². The number of amides is 1. The van der Waals surface area contributed by atoms with Crippen LogP contribution in [0, 0.1) is 11.8 Å². The molecule has 1 aromatic rings. The molecule has 5 heteroatoms. The summed E-state index contributed by atoms with van der Waals surface area (Å²) < 4.78 is 0. The van der Waals surface area contributed by atoms with Crippen LogP contribution in [0.4, 0.5) is 0 Å². The third kappa shape index (κ3) is 4.97. The molecule has 2 unspecified atom stereocenters. The molecule has 3 rings (SSSR count). The third-order valence-electron chi connectivity index (χ3n) is 5.46. The molecule has 1 aliphatic carbocycles. The molecule has 1 saturated carbocycles. The molecule has 1 aliphatic heterocycles. The van der Waals surface area contributed by atoms with Crippen LogP contribution in [0.5, 0.6) is 0 Å². The molecule has 25 heavy (non-hydrogen) atoms. The van der Waals surface area contributed by atoms with Crippen molar-refractivity contribution in [2.75, 3.05) is 26.7 Å². The van der Waals surface area contributed by atoms with Gasteiger partial charge in [-0.1, -0.05) is 43.2 Å². The number of hydrogen-bond acceptors (Lipinski definition) is 2. The molecule has 1 heterocycles. The summed E-state index contributed by atoms with van der Waals surface area (Å²) in [4.78, 5) is 18.8. The first-order valence-corrected chi connectivity index (χ1v) is 9.52. The minimum atomic E-state index is 0.0712. The summed E-state index contributed by atoms with van der Waals surface area (Å²) in [6.45, 7) is 3.44. The number of likely N-dealkylation sites (tertiary alicyclic amines) is 1. The number of aliphatic imine (C=N–C) groups is 1. The maximum absolute atomic E-state index is 12.0. The van der Waals surface area contributed by atoms with Crippen molar-refractivity contribution in [2.45, 2.75) is 38.6 Å². The molecule has 0 radical (unpaired) electrons. The van der Waals surface area contributed by atoms with Gasteiger partial charge in [0.1, 0.15) is 0 Å². The van der Waals surface area contributed by atoms with E-state index >= 15 is 0 Å². The first-order valence-electron chi connectivity index (χ1n) is 9.52. The summed E-state index contributed by atoms with van der Waals surface area (Å²) in [7, 11) is 1.83. The van der Waals surface area contributed by atoms with Gasteiger partial charge >= 0.3 is 0 Å². The largest absolute Gasteiger partial charge is 0.356 e. The Morgan fingerprint density at radius 1 is 1.12 bits per heavy atom. The molecule has 1 amide bonds. The van der Waals surface area contributed by atoms with E-state index in [1.807, 2.05) is 37.4 Å². The van der Waals surface area contributed by atoms with E-state index < -0.39 is 0 Å². The highest BCUT2D eigenvalue weighted by molar-refractivity contribution is 5.81. The normalized spacial score (nSPS) is 23.2. The van der Waals surface area contributed by atoms with E-state index in [1.54, 1.807) is 0 Å². The molecule has 136 valence electrons. The predicted octanol–water partition coefficient (Wildman–Crippen LogP) is 2.39. The van der Waals surface area contributed by atoms with Crippen LogP contribution in [0.25, 0.3) is 0 Å². The molecule has 2 N–H and O–H groups in total. The standard InChI is InChI=1S/C20H30N4O/c1-21-20(24-14-17-9-5-6-10-18(17)15-24)22-12-11-19(25)23-13-16-7-3-2-4-8-16/h2-4,7-8,17-18H,5-6,9-15H2,1H3,(H,21,22)(H,23,25). The van der Waals surface area contributed by atoms with E-state index in [0.29, 0.717) is 19.5 Å². The lowest BCUT2D eigenvalue weighted by Gasteiger charge is -2.22. The monoisotopic (exact) mass is 342 g/mol. The lowest BCUT2D eigenvalue weighted by Crippen LogP contribution is -2.41. The predicted molar refractivity (Wildman–Crippen MR) is 101 cm³/mol. The fourth-order valence-corrected chi connectivity index (χ4v) is 4.08. The van der Waals surface area contributed by atoms with Crippen molar-refractivity contribution in [1.29, 1.82) is 0 Å². The van der Waals surface area contributed by atoms with Gasteiger partial charge in [-0.3, -0.25) is 9.79 Å². The highest BCUT2D eigenvalue weighted by atomic mass is 16.1. The number of benzene rings is 1. The summed E-state index contributed by atoms with van der Waals surface area (Å²) in [6.07, 6.45) is 5.94. The average Bonchev–Trinajstić information content (AvgIpc) is 3.08. The maximum atomic E-state index is 12.0. The summed E-state index contributed by atoms with van der Waals surface area (Å²) >= 11 is 0. The Morgan fingerprint density at radius 3 is 2.44 bits per heavy atom. The Labute approximate surface area is 150 Å². The molecule has 0 bridgehead atoms. The zero-order chi connectivity index (χ0) is 17.5. The van der Waals surface area contributed by atoms with Crippen LogP contribution in [0.3, 0.4) is 0 Å². The highest BCUT2D eigenvalue weighted by Crippen LogP contribution is 2.35. The van der Waals surface area contributed by atoms with Gasteiger partial charge < -0.3 is 15.5 Å². The van der Waals surface area contributed by atoms with Gasteiger partial charge in [0.15, 0.2) is 5.96 Å². The van der Waals surface area contributed by atoms with Crippen molar-refractivity contribution < 1.29 is 4.79 Å². The molecule has 2 aliphatic rings. The Hall–Kier alpha value is -2.04. The van der Waals surface area contributed by atoms with E-state index in [9.17, 15) is 4.79 Å². The highest BCUT2D eigenvalue weighted by Gasteiger charge is 2.35. The van der Waals surface area contributed by atoms with E-state index in [-0.39, 0.29) is 5.91 Å². The van der Waals surface area contributed by atoms with Crippen molar-refractivity contribution in [3.8, 4) is 0 Å². The van der Waals surface area contributed by atoms with Crippen molar-refractivity contribution in [3.63, 3.8) is 0 Å². The maximum Gasteiger partial charge on any atom is 0.222 e. The van der Waals surface area contributed by atoms with Gasteiger partial charge in [-0.25, -0.2) is 0 Å². The van der Waals surface area contributed by atoms with Gasteiger partial charge in [-0.15, -0.1) is 0 Å². The zero-order valence-corrected chi connectivity index (χ0v) is 15.2. The van der Waals surface area contributed by atoms with Crippen molar-refractivity contribution in [1.82, 2.24) is 15.5 Å². The van der Waals surface area contributed by atoms with Crippen LogP contribution in [0.15, 0.2) is 35.3 Å². The fraction of sp³-hybridized carbons (Fsp3) is 0.600. The number of hydrogen-bond donors (Lipinski definition) is 2. The smallest absolute Gasteiger partial charge is 0.222 e. The molecule has 0 spiro atoms. The Bertz CT molecular complexity index is 573. The van der Waals surface area contributed by atoms with Crippen molar-refractivity contribution in [2.24, 2.45) is 16.8 Å². The number of guanidine groups is 1. The first-order chi connectivity index (χ1) is 12.3. The zero-order valence-electron chi connectivity index (χ0n) is 15.2. The molecule has 2 atom stereocenters. The lowest BCUT2D eigenvalue weighted by atomic mass is 9.82. The Balaban J connectivity index is 1.37. The second kappa shape index (κ2) is 8.88. The SMILES string of the molecule is CN=C(NCCC(=O)NCc1ccccc1)N1CC2CCCCC2C1. The number of carbonyl (C=O) groups excluding carboxylic acids is 1. The van der Waals surface area contributed by atoms with Gasteiger partial charge in [0, 0.05) is 39.6 Å². The third-order valence-corrected chi connectivity index (χ3v) is 5.46. The van der Waals surface area contributed by atoms with Crippen LogP contribution in [-0.4, -0.2) is 43.4 Å². The van der Waals surface area contributed by atoms with Crippen LogP contribution in [-0.2, 0) is 11.3 Å². The van der Waals surface area contributed by atoms with Gasteiger partial charge in [0.05, 0.1) is 0 Å². The number of nitrogens with one attached hydrogen (secondary N) is 2. The van der Waals surface area contributed by atoms with Gasteiger partial charge in [0.25, 0.3) is 0 Å². The minimum absolute atomic E-state index is 0.0712. The van der Waals surface area contributed by atoms with Crippen molar-refractivity contribution >= 4 is 11.9 Å². The van der Waals surface area contributed by atoms with Crippen LogP contribution in [0.1, 0.15) is 37.7 Å². The topological polar surface area (TPSA) is 56.7 Å². The first kappa shape index (κ1) is 17.8. The number of fused-ring (bicyclic) bond motifs is 1. The molecular formula is C20H30N4O. The number of carbonyl (C=O) groups is 1. The second-order valence-electron chi connectivity index (χ2n) is 7.20. The summed E-state index contributed by atoms with van der Waals surface area (Å²) in [5.41, 5.74) is 1.12. The van der Waals surface area contributed by atoms with E-state index in [2.05, 4.69) is 20.5 Å². The Kier molecular flexibility index (Phi) is 6.31. The van der Waals surface area contributed by atoms with Crippen LogP contribution < -0.4 is 10.6 Å². The lowest BCUT2D eigenvalue weighted by molar-refractivity contribution is -0.121. The molecule has 5 nitrogen and oxygen atoms in total. The van der Waals surface area contributed by atoms with Gasteiger partial charge in [0.2, 0.25) is 5.91 Å². The second-order valence-corrected chi connectivity index (χ2v) is 7.20. The molecule has 2 fully saturated rings. The van der Waals surface area contributed by atoms with Crippen LogP contribution in [0.2, 0.25) is 0 Å². The number of rotatable bonds is 5.